The van der Waals surface area contributed by atoms with Crippen LogP contribution >= 0.6 is 28.3 Å². The number of rotatable bonds is 3. The Kier molecular flexibility index (Phi) is 7.49. The van der Waals surface area contributed by atoms with Crippen molar-refractivity contribution in [2.45, 2.75) is 0 Å². The Labute approximate surface area is 215 Å². The second-order valence-electron chi connectivity index (χ2n) is 7.97. The number of hydrogen-bond acceptors (Lipinski definition) is 0. The second kappa shape index (κ2) is 10.9. The van der Waals surface area contributed by atoms with E-state index in [1.54, 1.807) is 0 Å². The van der Waals surface area contributed by atoms with Crippen molar-refractivity contribution in [2.24, 2.45) is 0 Å². The number of fused-ring (bicyclic) bond motifs is 3. The number of benzene rings is 6. The Morgan fingerprint density at radius 1 is 0.382 bits per heavy atom. The summed E-state index contributed by atoms with van der Waals surface area (Å²) in [6, 6.07) is 46.8. The molecule has 4 heteroatoms. The van der Waals surface area contributed by atoms with E-state index < -0.39 is 7.92 Å². The molecule has 0 aliphatic heterocycles. The zero-order chi connectivity index (χ0) is 23.3. The maximum Gasteiger partial charge on any atom is -0.0134 e. The molecule has 0 aliphatic rings. The third kappa shape index (κ3) is 5.00. The Hall–Kier alpha value is -2.40. The van der Waals surface area contributed by atoms with Crippen LogP contribution in [0.25, 0.3) is 32.3 Å². The molecular weight excluding hydrogens is 521 g/mol. The van der Waals surface area contributed by atoms with Crippen LogP contribution in [0, 0.1) is 0 Å². The van der Waals surface area contributed by atoms with E-state index in [1.165, 1.54) is 48.2 Å². The van der Waals surface area contributed by atoms with Crippen molar-refractivity contribution >= 4 is 76.5 Å². The van der Waals surface area contributed by atoms with Crippen molar-refractivity contribution in [3.05, 3.63) is 127 Å². The van der Waals surface area contributed by atoms with Gasteiger partial charge in [-0.3, -0.25) is 0 Å². The van der Waals surface area contributed by atoms with Gasteiger partial charge in [-0.25, -0.2) is 0 Å². The first kappa shape index (κ1) is 23.4. The molecule has 0 nitrogen and oxygen atoms in total. The van der Waals surface area contributed by atoms with E-state index >= 15 is 0 Å². The molecule has 0 heterocycles. The van der Waals surface area contributed by atoms with Crippen LogP contribution in [-0.2, 0) is 12.7 Å². The van der Waals surface area contributed by atoms with Crippen LogP contribution in [0.1, 0.15) is 0 Å². The van der Waals surface area contributed by atoms with E-state index in [0.29, 0.717) is 12.7 Å². The van der Waals surface area contributed by atoms with Gasteiger partial charge in [0.2, 0.25) is 0 Å². The number of halogens is 2. The fraction of sp³-hybridized carbons (Fsp3) is 0. The molecule has 170 valence electrons. The van der Waals surface area contributed by atoms with Gasteiger partial charge in [-0.1, -0.05) is 109 Å². The molecule has 0 amide bonds. The molecule has 6 rings (SSSR count). The van der Waals surface area contributed by atoms with E-state index in [4.69, 9.17) is 20.4 Å². The fourth-order valence-electron chi connectivity index (χ4n) is 4.39. The summed E-state index contributed by atoms with van der Waals surface area (Å²) in [5.74, 6) is 0. The molecule has 0 N–H and O–H groups in total. The molecule has 6 aromatic rings. The van der Waals surface area contributed by atoms with E-state index in [2.05, 4.69) is 127 Å². The van der Waals surface area contributed by atoms with Crippen molar-refractivity contribution < 1.29 is 12.7 Å². The SMILES string of the molecule is [Cl][Ni][Cl].c1ccc2cc(P(c3ccc4ccccc4c3)c3ccc4ccccc4c3)ccc2c1. The summed E-state index contributed by atoms with van der Waals surface area (Å²) in [5.41, 5.74) is 0. The molecule has 34 heavy (non-hydrogen) atoms. The second-order valence-corrected chi connectivity index (χ2v) is 11.8. The third-order valence-electron chi connectivity index (χ3n) is 5.97. The summed E-state index contributed by atoms with van der Waals surface area (Å²) in [6.07, 6.45) is 0. The zero-order valence-electron chi connectivity index (χ0n) is 18.1. The summed E-state index contributed by atoms with van der Waals surface area (Å²) in [7, 11) is 8.74. The molecule has 0 atom stereocenters. The van der Waals surface area contributed by atoms with Crippen molar-refractivity contribution in [1.82, 2.24) is 0 Å². The molecule has 0 bridgehead atoms. The smallest absolute Gasteiger partial charge is 0.0134 e. The van der Waals surface area contributed by atoms with Crippen LogP contribution in [0.4, 0.5) is 0 Å². The molecule has 0 radical (unpaired) electrons. The van der Waals surface area contributed by atoms with Gasteiger partial charge in [-0.2, -0.15) is 0 Å². The largest absolute Gasteiger partial charge is 0.0616 e. The molecule has 0 unspecified atom stereocenters. The molecule has 0 spiro atoms. The van der Waals surface area contributed by atoms with Crippen LogP contribution in [0.2, 0.25) is 0 Å². The van der Waals surface area contributed by atoms with Crippen molar-refractivity contribution in [2.75, 3.05) is 0 Å². The normalized spacial score (nSPS) is 11.1. The average molecular weight is 542 g/mol. The maximum atomic E-state index is 4.70. The summed E-state index contributed by atoms with van der Waals surface area (Å²) < 4.78 is 0. The third-order valence-corrected chi connectivity index (χ3v) is 8.36. The minimum atomic E-state index is -0.666. The van der Waals surface area contributed by atoms with Gasteiger partial charge in [-0.15, -0.1) is 0 Å². The summed E-state index contributed by atoms with van der Waals surface area (Å²) in [5, 5.41) is 11.9. The van der Waals surface area contributed by atoms with E-state index in [1.807, 2.05) is 0 Å². The standard InChI is InChI=1S/C30H21P.2ClH.Ni/c1-4-10-25-19-28(16-13-22(25)7-1)31(29-17-14-23-8-2-5-11-26(23)20-29)30-18-15-24-9-3-6-12-27(24)21-30;;;/h1-21H;2*1H;/q;;;+2/p-2. The first-order chi connectivity index (χ1) is 16.8. The van der Waals surface area contributed by atoms with Gasteiger partial charge in [-0.05, 0) is 74.4 Å². The van der Waals surface area contributed by atoms with E-state index in [9.17, 15) is 0 Å². The first-order valence-electron chi connectivity index (χ1n) is 10.9. The molecule has 0 saturated carbocycles. The van der Waals surface area contributed by atoms with Crippen molar-refractivity contribution in [3.63, 3.8) is 0 Å². The topological polar surface area (TPSA) is 0 Å². The summed E-state index contributed by atoms with van der Waals surface area (Å²) in [4.78, 5) is 0. The van der Waals surface area contributed by atoms with Gasteiger partial charge in [0, 0.05) is 0 Å². The van der Waals surface area contributed by atoms with Crippen molar-refractivity contribution in [1.29, 1.82) is 0 Å². The van der Waals surface area contributed by atoms with Gasteiger partial charge >= 0.3 is 33.0 Å². The van der Waals surface area contributed by atoms with Crippen molar-refractivity contribution in [3.8, 4) is 0 Å². The molecule has 6 aromatic carbocycles. The van der Waals surface area contributed by atoms with Crippen LogP contribution < -0.4 is 15.9 Å². The predicted octanol–water partition coefficient (Wildman–Crippen LogP) is 8.28. The zero-order valence-corrected chi connectivity index (χ0v) is 21.5. The van der Waals surface area contributed by atoms with Gasteiger partial charge < -0.3 is 0 Å². The van der Waals surface area contributed by atoms with E-state index in [-0.39, 0.29) is 0 Å². The van der Waals surface area contributed by atoms with E-state index in [0.717, 1.165) is 0 Å². The Morgan fingerprint density at radius 2 is 0.647 bits per heavy atom. The monoisotopic (exact) mass is 540 g/mol. The Balaban J connectivity index is 0.000000764. The minimum Gasteiger partial charge on any atom is -0.0616 e. The van der Waals surface area contributed by atoms with Gasteiger partial charge in [0.25, 0.3) is 0 Å². The molecule has 0 aromatic heterocycles. The molecule has 0 aliphatic carbocycles. The first-order valence-corrected chi connectivity index (χ1v) is 14.9. The quantitative estimate of drug-likeness (QED) is 0.156. The maximum absolute atomic E-state index is 4.70. The summed E-state index contributed by atoms with van der Waals surface area (Å²) >= 11 is 0.569. The van der Waals surface area contributed by atoms with Crippen LogP contribution in [-0.4, -0.2) is 0 Å². The van der Waals surface area contributed by atoms with Gasteiger partial charge in [0.15, 0.2) is 0 Å². The van der Waals surface area contributed by atoms with Gasteiger partial charge in [0.1, 0.15) is 0 Å². The molecule has 0 saturated heterocycles. The van der Waals surface area contributed by atoms with Gasteiger partial charge in [0.05, 0.1) is 0 Å². The van der Waals surface area contributed by atoms with Crippen LogP contribution in [0.15, 0.2) is 127 Å². The Bertz CT molecular complexity index is 1390. The molecular formula is C30H21Cl2NiP. The fourth-order valence-corrected chi connectivity index (χ4v) is 6.76. The number of hydrogen-bond donors (Lipinski definition) is 0. The van der Waals surface area contributed by atoms with Crippen LogP contribution in [0.5, 0.6) is 0 Å². The predicted molar refractivity (Wildman–Crippen MR) is 149 cm³/mol. The summed E-state index contributed by atoms with van der Waals surface area (Å²) in [6.45, 7) is 0. The Morgan fingerprint density at radius 3 is 0.941 bits per heavy atom. The molecule has 0 fully saturated rings. The van der Waals surface area contributed by atoms with Crippen LogP contribution in [0.3, 0.4) is 0 Å². The minimum absolute atomic E-state index is 0.569. The average Bonchev–Trinajstić information content (AvgIpc) is 2.89.